The molecule has 0 bridgehead atoms. The molecule has 5 rings (SSSR count). The van der Waals surface area contributed by atoms with Gasteiger partial charge in [-0.1, -0.05) is 36.8 Å². The number of thiophene rings is 1. The lowest BCUT2D eigenvalue weighted by Gasteiger charge is -2.32. The summed E-state index contributed by atoms with van der Waals surface area (Å²) in [6, 6.07) is 5.20. The fourth-order valence-electron chi connectivity index (χ4n) is 6.60. The van der Waals surface area contributed by atoms with Gasteiger partial charge in [0.05, 0.1) is 18.4 Å². The first-order chi connectivity index (χ1) is 22.5. The Balaban J connectivity index is 1.46. The summed E-state index contributed by atoms with van der Waals surface area (Å²) in [7, 11) is 0. The van der Waals surface area contributed by atoms with Crippen LogP contribution >= 0.6 is 11.3 Å². The molecule has 8 atom stereocenters. The molecule has 1 aromatic carbocycles. The number of carbonyl (C=O) groups excluding carboxylic acids is 6. The van der Waals surface area contributed by atoms with Gasteiger partial charge in [0.1, 0.15) is 24.2 Å². The molecule has 1 aliphatic carbocycles. The van der Waals surface area contributed by atoms with Crippen molar-refractivity contribution >= 4 is 46.8 Å². The van der Waals surface area contributed by atoms with Crippen molar-refractivity contribution in [1.29, 1.82) is 0 Å². The van der Waals surface area contributed by atoms with Crippen LogP contribution in [0, 0.1) is 5.92 Å². The van der Waals surface area contributed by atoms with E-state index in [1.165, 1.54) is 30.1 Å². The van der Waals surface area contributed by atoms with Crippen molar-refractivity contribution in [3.05, 3.63) is 58.3 Å². The molecule has 3 heterocycles. The Hall–Kier alpha value is -4.30. The molecule has 2 aromatic rings. The number of aliphatic hydroxyl groups is 1. The number of fused-ring (bicyclic) bond motifs is 2. The summed E-state index contributed by atoms with van der Waals surface area (Å²) < 4.78 is 0. The number of carbonyl (C=O) groups is 6. The van der Waals surface area contributed by atoms with Gasteiger partial charge >= 0.3 is 0 Å². The Morgan fingerprint density at radius 3 is 2.43 bits per heavy atom. The minimum Gasteiger partial charge on any atom is -0.391 e. The van der Waals surface area contributed by atoms with E-state index in [0.717, 1.165) is 11.1 Å². The molecule has 252 valence electrons. The van der Waals surface area contributed by atoms with Gasteiger partial charge in [0.2, 0.25) is 35.4 Å². The lowest BCUT2D eigenvalue weighted by atomic mass is 10.00. The lowest BCUT2D eigenvalue weighted by molar-refractivity contribution is -0.143. The van der Waals surface area contributed by atoms with E-state index < -0.39 is 77.8 Å². The minimum absolute atomic E-state index is 0.00560. The molecule has 0 unspecified atom stereocenters. The predicted molar refractivity (Wildman–Crippen MR) is 173 cm³/mol. The van der Waals surface area contributed by atoms with Crippen LogP contribution in [0.15, 0.2) is 47.2 Å². The molecule has 3 aliphatic rings. The van der Waals surface area contributed by atoms with Gasteiger partial charge in [-0.25, -0.2) is 0 Å². The SMILES string of the molecule is C[C@@H]1NC(=O)[C@@H]2C[C@@H](NC(=O)Cc3ccsc3)CN2C(=O)[C@H](Cc2ccccc2)NC(=O)[C@H]([C@@H](C)O)NC(=O)[C@@H]2CCC[C@H]2NC1=O. The Bertz CT molecular complexity index is 1470. The van der Waals surface area contributed by atoms with Crippen molar-refractivity contribution in [2.75, 3.05) is 6.54 Å². The molecule has 1 aromatic heterocycles. The Labute approximate surface area is 277 Å². The molecule has 0 radical (unpaired) electrons. The largest absolute Gasteiger partial charge is 0.391 e. The van der Waals surface area contributed by atoms with Crippen LogP contribution in [0.5, 0.6) is 0 Å². The van der Waals surface area contributed by atoms with E-state index in [1.807, 2.05) is 22.9 Å². The second-order valence-electron chi connectivity index (χ2n) is 12.7. The van der Waals surface area contributed by atoms with Crippen LogP contribution in [0.3, 0.4) is 0 Å². The van der Waals surface area contributed by atoms with Crippen molar-refractivity contribution in [2.45, 2.75) is 94.7 Å². The van der Waals surface area contributed by atoms with Gasteiger partial charge in [0, 0.05) is 25.0 Å². The van der Waals surface area contributed by atoms with Crippen molar-refractivity contribution < 1.29 is 33.9 Å². The van der Waals surface area contributed by atoms with Crippen LogP contribution in [-0.2, 0) is 41.6 Å². The maximum Gasteiger partial charge on any atom is 0.246 e. The number of aliphatic hydroxyl groups excluding tert-OH is 1. The third-order valence-corrected chi connectivity index (χ3v) is 9.82. The number of rotatable bonds is 6. The second-order valence-corrected chi connectivity index (χ2v) is 13.5. The summed E-state index contributed by atoms with van der Waals surface area (Å²) in [6.45, 7) is 2.90. The average molecular weight is 667 g/mol. The van der Waals surface area contributed by atoms with Crippen molar-refractivity contribution in [2.24, 2.45) is 5.92 Å². The van der Waals surface area contributed by atoms with Gasteiger partial charge in [0.15, 0.2) is 0 Å². The highest BCUT2D eigenvalue weighted by Gasteiger charge is 2.44. The molecular formula is C33H42N6O7S. The maximum absolute atomic E-state index is 14.3. The summed E-state index contributed by atoms with van der Waals surface area (Å²) in [5.74, 6) is -3.80. The van der Waals surface area contributed by atoms with Crippen LogP contribution in [-0.4, -0.2) is 94.3 Å². The Morgan fingerprint density at radius 1 is 0.957 bits per heavy atom. The number of amides is 6. The summed E-state index contributed by atoms with van der Waals surface area (Å²) in [4.78, 5) is 82.6. The number of hydrogen-bond donors (Lipinski definition) is 6. The number of benzene rings is 1. The van der Waals surface area contributed by atoms with Gasteiger partial charge in [-0.15, -0.1) is 0 Å². The van der Waals surface area contributed by atoms with Crippen LogP contribution in [0.4, 0.5) is 0 Å². The van der Waals surface area contributed by atoms with Crippen LogP contribution in [0.1, 0.15) is 50.7 Å². The summed E-state index contributed by atoms with van der Waals surface area (Å²) in [5, 5.41) is 28.2. The molecule has 1 saturated carbocycles. The monoisotopic (exact) mass is 666 g/mol. The summed E-state index contributed by atoms with van der Waals surface area (Å²) in [5.41, 5.74) is 1.58. The number of hydrogen-bond acceptors (Lipinski definition) is 8. The van der Waals surface area contributed by atoms with E-state index in [4.69, 9.17) is 0 Å². The zero-order valence-corrected chi connectivity index (χ0v) is 27.3. The highest BCUT2D eigenvalue weighted by molar-refractivity contribution is 7.08. The quantitative estimate of drug-likeness (QED) is 0.246. The van der Waals surface area contributed by atoms with Gasteiger partial charge in [-0.2, -0.15) is 11.3 Å². The van der Waals surface area contributed by atoms with E-state index in [0.29, 0.717) is 19.3 Å². The predicted octanol–water partition coefficient (Wildman–Crippen LogP) is -0.227. The third-order valence-electron chi connectivity index (χ3n) is 9.09. The summed E-state index contributed by atoms with van der Waals surface area (Å²) in [6.07, 6.45) is 0.681. The molecule has 2 aliphatic heterocycles. The van der Waals surface area contributed by atoms with Crippen LogP contribution < -0.4 is 26.6 Å². The zero-order chi connectivity index (χ0) is 33.7. The highest BCUT2D eigenvalue weighted by Crippen LogP contribution is 2.27. The normalized spacial score (nSPS) is 29.6. The Morgan fingerprint density at radius 2 is 1.72 bits per heavy atom. The first-order valence-electron chi connectivity index (χ1n) is 16.0. The Kier molecular flexibility index (Phi) is 10.9. The van der Waals surface area contributed by atoms with E-state index in [-0.39, 0.29) is 31.7 Å². The van der Waals surface area contributed by atoms with Gasteiger partial charge < -0.3 is 36.6 Å². The topological polar surface area (TPSA) is 186 Å². The molecule has 13 nitrogen and oxygen atoms in total. The van der Waals surface area contributed by atoms with Gasteiger partial charge in [-0.3, -0.25) is 28.8 Å². The van der Waals surface area contributed by atoms with Gasteiger partial charge in [0.25, 0.3) is 0 Å². The van der Waals surface area contributed by atoms with E-state index in [2.05, 4.69) is 26.6 Å². The van der Waals surface area contributed by atoms with Crippen LogP contribution in [0.2, 0.25) is 0 Å². The molecule has 14 heteroatoms. The second kappa shape index (κ2) is 15.1. The molecule has 47 heavy (non-hydrogen) atoms. The van der Waals surface area contributed by atoms with E-state index >= 15 is 0 Å². The maximum atomic E-state index is 14.3. The number of nitrogens with one attached hydrogen (secondary N) is 5. The molecule has 6 N–H and O–H groups in total. The van der Waals surface area contributed by atoms with Crippen molar-refractivity contribution in [3.8, 4) is 0 Å². The fourth-order valence-corrected chi connectivity index (χ4v) is 7.27. The van der Waals surface area contributed by atoms with Crippen LogP contribution in [0.25, 0.3) is 0 Å². The third kappa shape index (κ3) is 8.35. The molecule has 0 spiro atoms. The number of nitrogens with zero attached hydrogens (tertiary/aromatic N) is 1. The van der Waals surface area contributed by atoms with E-state index in [1.54, 1.807) is 24.3 Å². The molecule has 6 amide bonds. The zero-order valence-electron chi connectivity index (χ0n) is 26.4. The lowest BCUT2D eigenvalue weighted by Crippen LogP contribution is -2.61. The average Bonchev–Trinajstić information content (AvgIpc) is 3.81. The molecule has 3 fully saturated rings. The van der Waals surface area contributed by atoms with E-state index in [9.17, 15) is 33.9 Å². The van der Waals surface area contributed by atoms with Crippen molar-refractivity contribution in [3.63, 3.8) is 0 Å². The standard InChI is InChI=1S/C33H42N6O7S/c1-18-29(42)36-24-10-6-9-23(24)30(43)38-28(19(2)40)32(45)37-25(13-20-7-4-3-5-8-20)33(46)39-16-22(15-26(39)31(44)34-18)35-27(41)14-21-11-12-47-17-21/h3-5,7-8,11-12,17-19,22-26,28,40H,6,9-10,13-16H2,1-2H3,(H,34,44)(H,35,41)(H,36,42)(H,37,45)(H,38,43)/t18-,19+,22+,23+,24+,25-,26-,28-/m0/s1. The molecular weight excluding hydrogens is 624 g/mol. The minimum atomic E-state index is -1.38. The summed E-state index contributed by atoms with van der Waals surface area (Å²) >= 11 is 1.48. The van der Waals surface area contributed by atoms with Crippen molar-refractivity contribution in [1.82, 2.24) is 31.5 Å². The van der Waals surface area contributed by atoms with Gasteiger partial charge in [-0.05, 0) is 61.1 Å². The first kappa shape index (κ1) is 34.0. The first-order valence-corrected chi connectivity index (χ1v) is 17.0. The highest BCUT2D eigenvalue weighted by atomic mass is 32.1. The molecule has 2 saturated heterocycles. The smallest absolute Gasteiger partial charge is 0.246 e. The fraction of sp³-hybridized carbons (Fsp3) is 0.515.